The monoisotopic (exact) mass is 428 g/mol. The zero-order valence-electron chi connectivity index (χ0n) is 12.6. The molecule has 0 spiro atoms. The lowest BCUT2D eigenvalue weighted by Crippen LogP contribution is -2.44. The second-order valence-corrected chi connectivity index (χ2v) is 7.64. The summed E-state index contributed by atoms with van der Waals surface area (Å²) in [5.74, 6) is 0.351. The van der Waals surface area contributed by atoms with Crippen LogP contribution in [0, 0.1) is 0 Å². The van der Waals surface area contributed by atoms with Crippen LogP contribution in [0.4, 0.5) is 0 Å². The van der Waals surface area contributed by atoms with E-state index < -0.39 is 0 Å². The van der Waals surface area contributed by atoms with E-state index in [1.807, 2.05) is 30.1 Å². The van der Waals surface area contributed by atoms with Crippen LogP contribution >= 0.6 is 31.9 Å². The molecule has 1 aromatic carbocycles. The van der Waals surface area contributed by atoms with Crippen LogP contribution in [0.1, 0.15) is 23.4 Å². The van der Waals surface area contributed by atoms with E-state index in [9.17, 15) is 4.79 Å². The molecule has 118 valence electrons. The van der Waals surface area contributed by atoms with Gasteiger partial charge in [-0.05, 0) is 67.1 Å². The molecule has 1 amide bonds. The number of benzene rings is 1. The van der Waals surface area contributed by atoms with Gasteiger partial charge in [0.15, 0.2) is 5.76 Å². The molecule has 0 N–H and O–H groups in total. The summed E-state index contributed by atoms with van der Waals surface area (Å²) in [7, 11) is 3.99. The molecular weight excluding hydrogens is 412 g/mol. The lowest BCUT2D eigenvalue weighted by atomic mass is 10.0. The first-order chi connectivity index (χ1) is 10.5. The fraction of sp³-hybridized carbons (Fsp3) is 0.438. The molecule has 1 aliphatic rings. The van der Waals surface area contributed by atoms with E-state index in [1.54, 1.807) is 0 Å². The van der Waals surface area contributed by atoms with E-state index in [1.165, 1.54) is 0 Å². The molecule has 0 saturated carbocycles. The molecular formula is C16H18Br2N2O2. The maximum absolute atomic E-state index is 12.7. The number of hydrogen-bond acceptors (Lipinski definition) is 3. The van der Waals surface area contributed by atoms with Crippen molar-refractivity contribution in [1.29, 1.82) is 0 Å². The van der Waals surface area contributed by atoms with Crippen LogP contribution in [0.2, 0.25) is 0 Å². The van der Waals surface area contributed by atoms with Gasteiger partial charge in [0.05, 0.1) is 4.47 Å². The highest BCUT2D eigenvalue weighted by atomic mass is 79.9. The first-order valence-corrected chi connectivity index (χ1v) is 8.88. The number of furan rings is 1. The number of amides is 1. The van der Waals surface area contributed by atoms with E-state index in [0.29, 0.717) is 11.3 Å². The summed E-state index contributed by atoms with van der Waals surface area (Å²) in [5.41, 5.74) is 0.711. The molecule has 1 fully saturated rings. The molecule has 0 unspecified atom stereocenters. The molecule has 0 aliphatic carbocycles. The minimum Gasteiger partial charge on any atom is -0.450 e. The maximum Gasteiger partial charge on any atom is 0.289 e. The summed E-state index contributed by atoms with van der Waals surface area (Å²) in [6.07, 6.45) is 2.02. The molecule has 3 rings (SSSR count). The number of piperidine rings is 1. The highest BCUT2D eigenvalue weighted by Crippen LogP contribution is 2.31. The molecule has 0 atom stereocenters. The fourth-order valence-corrected chi connectivity index (χ4v) is 4.24. The molecule has 4 nitrogen and oxygen atoms in total. The number of halogens is 2. The number of carbonyl (C=O) groups excluding carboxylic acids is 1. The summed E-state index contributed by atoms with van der Waals surface area (Å²) < 4.78 is 7.58. The predicted molar refractivity (Wildman–Crippen MR) is 94.2 cm³/mol. The zero-order valence-corrected chi connectivity index (χ0v) is 15.8. The van der Waals surface area contributed by atoms with Crippen LogP contribution in [-0.4, -0.2) is 48.9 Å². The first-order valence-electron chi connectivity index (χ1n) is 7.30. The summed E-state index contributed by atoms with van der Waals surface area (Å²) in [5, 5.41) is 0.918. The topological polar surface area (TPSA) is 36.7 Å². The lowest BCUT2D eigenvalue weighted by Gasteiger charge is -2.34. The molecule has 22 heavy (non-hydrogen) atoms. The van der Waals surface area contributed by atoms with Gasteiger partial charge in [-0.3, -0.25) is 4.79 Å². The fourth-order valence-electron chi connectivity index (χ4n) is 2.90. The van der Waals surface area contributed by atoms with Gasteiger partial charge in [0.25, 0.3) is 5.91 Å². The highest BCUT2D eigenvalue weighted by Gasteiger charge is 2.26. The maximum atomic E-state index is 12.7. The van der Waals surface area contributed by atoms with E-state index >= 15 is 0 Å². The van der Waals surface area contributed by atoms with Crippen molar-refractivity contribution in [3.63, 3.8) is 0 Å². The van der Waals surface area contributed by atoms with Crippen molar-refractivity contribution < 1.29 is 9.21 Å². The van der Waals surface area contributed by atoms with E-state index in [2.05, 4.69) is 43.8 Å². The molecule has 2 aromatic rings. The van der Waals surface area contributed by atoms with Gasteiger partial charge in [-0.25, -0.2) is 0 Å². The summed E-state index contributed by atoms with van der Waals surface area (Å²) in [6.45, 7) is 2.06. The Labute approximate surface area is 146 Å². The van der Waals surface area contributed by atoms with Crippen LogP contribution in [0.5, 0.6) is 0 Å². The van der Waals surface area contributed by atoms with Gasteiger partial charge in [0.1, 0.15) is 5.58 Å². The molecule has 6 heteroatoms. The van der Waals surface area contributed by atoms with Crippen molar-refractivity contribution in [3.05, 3.63) is 32.9 Å². The summed E-state index contributed by atoms with van der Waals surface area (Å²) >= 11 is 6.93. The van der Waals surface area contributed by atoms with Crippen LogP contribution in [0.15, 0.2) is 31.6 Å². The van der Waals surface area contributed by atoms with Gasteiger partial charge < -0.3 is 14.2 Å². The molecule has 0 bridgehead atoms. The third-order valence-corrected chi connectivity index (χ3v) is 5.35. The number of rotatable bonds is 2. The normalized spacial score (nSPS) is 17.1. The van der Waals surface area contributed by atoms with Crippen molar-refractivity contribution in [3.8, 4) is 0 Å². The molecule has 1 aliphatic heterocycles. The minimum atomic E-state index is -0.0474. The Hall–Kier alpha value is -0.850. The molecule has 0 radical (unpaired) electrons. The largest absolute Gasteiger partial charge is 0.450 e. The van der Waals surface area contributed by atoms with Gasteiger partial charge in [-0.2, -0.15) is 0 Å². The average Bonchev–Trinajstić information content (AvgIpc) is 2.90. The van der Waals surface area contributed by atoms with Gasteiger partial charge in [0, 0.05) is 22.9 Å². The Bertz CT molecular complexity index is 705. The Morgan fingerprint density at radius 3 is 2.64 bits per heavy atom. The highest BCUT2D eigenvalue weighted by molar-refractivity contribution is 9.11. The molecule has 2 heterocycles. The Morgan fingerprint density at radius 2 is 1.95 bits per heavy atom. The van der Waals surface area contributed by atoms with Crippen molar-refractivity contribution in [2.45, 2.75) is 18.9 Å². The van der Waals surface area contributed by atoms with Crippen LogP contribution in [0.25, 0.3) is 11.0 Å². The van der Waals surface area contributed by atoms with Gasteiger partial charge in [-0.1, -0.05) is 15.9 Å². The van der Waals surface area contributed by atoms with Crippen LogP contribution in [-0.2, 0) is 0 Å². The smallest absolute Gasteiger partial charge is 0.289 e. The standard InChI is InChI=1S/C16H18Br2N2O2/c1-19-5-3-12(4-6-19)20(2)16(21)14-8-10-7-11(17)9-13(18)15(10)22-14/h7-9,12H,3-6H2,1-2H3. The van der Waals surface area contributed by atoms with Crippen LogP contribution < -0.4 is 0 Å². The zero-order chi connectivity index (χ0) is 15.9. The number of hydrogen-bond donors (Lipinski definition) is 0. The third-order valence-electron chi connectivity index (χ3n) is 4.30. The van der Waals surface area contributed by atoms with Crippen LogP contribution in [0.3, 0.4) is 0 Å². The summed E-state index contributed by atoms with van der Waals surface area (Å²) in [6, 6.07) is 5.97. The molecule has 1 saturated heterocycles. The Morgan fingerprint density at radius 1 is 1.27 bits per heavy atom. The van der Waals surface area contributed by atoms with Gasteiger partial charge >= 0.3 is 0 Å². The quantitative estimate of drug-likeness (QED) is 0.720. The van der Waals surface area contributed by atoms with E-state index in [0.717, 1.165) is 40.3 Å². The Balaban J connectivity index is 1.84. The van der Waals surface area contributed by atoms with Gasteiger partial charge in [0.2, 0.25) is 0 Å². The van der Waals surface area contributed by atoms with Crippen molar-refractivity contribution in [2.75, 3.05) is 27.2 Å². The predicted octanol–water partition coefficient (Wildman–Crippen LogP) is 4.12. The third kappa shape index (κ3) is 3.09. The number of fused-ring (bicyclic) bond motifs is 1. The van der Waals surface area contributed by atoms with Crippen molar-refractivity contribution in [2.24, 2.45) is 0 Å². The number of likely N-dealkylation sites (tertiary alicyclic amines) is 1. The lowest BCUT2D eigenvalue weighted by molar-refractivity contribution is 0.0630. The number of nitrogens with zero attached hydrogens (tertiary/aromatic N) is 2. The van der Waals surface area contributed by atoms with E-state index in [4.69, 9.17) is 4.42 Å². The van der Waals surface area contributed by atoms with Crippen molar-refractivity contribution in [1.82, 2.24) is 9.80 Å². The number of carbonyl (C=O) groups is 1. The SMILES string of the molecule is CN1CCC(N(C)C(=O)c2cc3cc(Br)cc(Br)c3o2)CC1. The minimum absolute atomic E-state index is 0.0474. The second kappa shape index (κ2) is 6.34. The second-order valence-electron chi connectivity index (χ2n) is 5.87. The summed E-state index contributed by atoms with van der Waals surface area (Å²) in [4.78, 5) is 16.8. The first kappa shape index (κ1) is 16.0. The van der Waals surface area contributed by atoms with Crippen molar-refractivity contribution >= 4 is 48.7 Å². The Kier molecular flexibility index (Phi) is 4.61. The van der Waals surface area contributed by atoms with E-state index in [-0.39, 0.29) is 11.9 Å². The average molecular weight is 430 g/mol. The molecule has 1 aromatic heterocycles. The van der Waals surface area contributed by atoms with Gasteiger partial charge in [-0.15, -0.1) is 0 Å².